The van der Waals surface area contributed by atoms with E-state index in [4.69, 9.17) is 11.6 Å². The Morgan fingerprint density at radius 1 is 1.09 bits per heavy atom. The zero-order chi connectivity index (χ0) is 9.28. The lowest BCUT2D eigenvalue weighted by Gasteiger charge is -2.37. The maximum absolute atomic E-state index is 6.35. The van der Waals surface area contributed by atoms with Crippen LogP contribution in [0.2, 0.25) is 0 Å². The molecule has 1 atom stereocenters. The van der Waals surface area contributed by atoms with Crippen molar-refractivity contribution < 1.29 is 0 Å². The van der Waals surface area contributed by atoms with Crippen LogP contribution in [-0.2, 0) is 0 Å². The molecule has 0 aromatic carbocycles. The van der Waals surface area contributed by atoms with Gasteiger partial charge in [-0.05, 0) is 17.3 Å². The lowest BCUT2D eigenvalue weighted by atomic mass is 9.74. The van der Waals surface area contributed by atoms with Crippen LogP contribution < -0.4 is 0 Å². The molecular weight excluding hydrogens is 156 g/mol. The summed E-state index contributed by atoms with van der Waals surface area (Å²) in [6.07, 6.45) is 1.14. The van der Waals surface area contributed by atoms with Crippen LogP contribution in [0.5, 0.6) is 0 Å². The first-order chi connectivity index (χ1) is 4.72. The van der Waals surface area contributed by atoms with Crippen molar-refractivity contribution in [2.45, 2.75) is 53.3 Å². The monoisotopic (exact) mass is 176 g/mol. The molecule has 0 bridgehead atoms. The molecule has 1 heteroatoms. The SMILES string of the molecule is CCC(C)(C)C(Cl)C(C)(C)C. The second-order valence-corrected chi connectivity index (χ2v) is 5.51. The van der Waals surface area contributed by atoms with E-state index >= 15 is 0 Å². The Hall–Kier alpha value is 0.290. The average Bonchev–Trinajstić information content (AvgIpc) is 1.84. The molecule has 0 heterocycles. The normalized spacial score (nSPS) is 16.6. The zero-order valence-corrected chi connectivity index (χ0v) is 9.42. The van der Waals surface area contributed by atoms with Crippen molar-refractivity contribution in [1.29, 1.82) is 0 Å². The van der Waals surface area contributed by atoms with Crippen LogP contribution in [0.15, 0.2) is 0 Å². The van der Waals surface area contributed by atoms with Gasteiger partial charge in [0.15, 0.2) is 0 Å². The fourth-order valence-corrected chi connectivity index (χ4v) is 1.51. The molecule has 0 aliphatic carbocycles. The standard InChI is InChI=1S/C10H21Cl/c1-7-10(5,6)8(11)9(2,3)4/h8H,7H2,1-6H3. The zero-order valence-electron chi connectivity index (χ0n) is 8.66. The number of hydrogen-bond donors (Lipinski definition) is 0. The number of alkyl halides is 1. The summed E-state index contributed by atoms with van der Waals surface area (Å²) < 4.78 is 0. The molecule has 0 amide bonds. The predicted octanol–water partition coefficient (Wildman–Crippen LogP) is 4.08. The van der Waals surface area contributed by atoms with Crippen molar-refractivity contribution in [2.24, 2.45) is 10.8 Å². The smallest absolute Gasteiger partial charge is 0.0435 e. The molecule has 0 aliphatic heterocycles. The molecule has 0 saturated carbocycles. The second kappa shape index (κ2) is 3.35. The minimum atomic E-state index is 0.209. The van der Waals surface area contributed by atoms with E-state index in [0.29, 0.717) is 0 Å². The summed E-state index contributed by atoms with van der Waals surface area (Å²) in [6.45, 7) is 13.2. The van der Waals surface area contributed by atoms with E-state index in [1.165, 1.54) is 0 Å². The van der Waals surface area contributed by atoms with Crippen LogP contribution in [0, 0.1) is 10.8 Å². The highest BCUT2D eigenvalue weighted by Gasteiger charge is 2.34. The van der Waals surface area contributed by atoms with Gasteiger partial charge in [-0.2, -0.15) is 0 Å². The maximum Gasteiger partial charge on any atom is 0.0435 e. The molecule has 0 rings (SSSR count). The summed E-state index contributed by atoms with van der Waals surface area (Å²) in [5.41, 5.74) is 0.459. The van der Waals surface area contributed by atoms with Crippen molar-refractivity contribution in [3.05, 3.63) is 0 Å². The third-order valence-electron chi connectivity index (χ3n) is 2.36. The van der Waals surface area contributed by atoms with Gasteiger partial charge in [0.05, 0.1) is 0 Å². The van der Waals surface area contributed by atoms with Crippen molar-refractivity contribution in [3.8, 4) is 0 Å². The topological polar surface area (TPSA) is 0 Å². The van der Waals surface area contributed by atoms with E-state index in [2.05, 4.69) is 41.5 Å². The third kappa shape index (κ3) is 3.02. The maximum atomic E-state index is 6.35. The Morgan fingerprint density at radius 3 is 1.55 bits per heavy atom. The molecule has 0 aromatic rings. The summed E-state index contributed by atoms with van der Waals surface area (Å²) in [5.74, 6) is 0. The second-order valence-electron chi connectivity index (χ2n) is 5.07. The largest absolute Gasteiger partial charge is 0.122 e. The summed E-state index contributed by atoms with van der Waals surface area (Å²) in [7, 11) is 0. The molecule has 0 N–H and O–H groups in total. The molecule has 11 heavy (non-hydrogen) atoms. The Morgan fingerprint density at radius 2 is 1.45 bits per heavy atom. The van der Waals surface area contributed by atoms with Gasteiger partial charge in [0.1, 0.15) is 0 Å². The van der Waals surface area contributed by atoms with Gasteiger partial charge in [-0.1, -0.05) is 41.5 Å². The van der Waals surface area contributed by atoms with Crippen LogP contribution >= 0.6 is 11.6 Å². The Balaban J connectivity index is 4.35. The highest BCUT2D eigenvalue weighted by atomic mass is 35.5. The fraction of sp³-hybridized carbons (Fsp3) is 1.00. The van der Waals surface area contributed by atoms with Gasteiger partial charge < -0.3 is 0 Å². The summed E-state index contributed by atoms with van der Waals surface area (Å²) in [4.78, 5) is 0. The van der Waals surface area contributed by atoms with Crippen molar-refractivity contribution in [1.82, 2.24) is 0 Å². The number of hydrogen-bond acceptors (Lipinski definition) is 0. The average molecular weight is 177 g/mol. The van der Waals surface area contributed by atoms with Crippen molar-refractivity contribution in [3.63, 3.8) is 0 Å². The van der Waals surface area contributed by atoms with Crippen LogP contribution in [0.1, 0.15) is 48.0 Å². The van der Waals surface area contributed by atoms with E-state index in [-0.39, 0.29) is 16.2 Å². The molecule has 0 aromatic heterocycles. The van der Waals surface area contributed by atoms with Crippen LogP contribution in [-0.4, -0.2) is 5.38 Å². The van der Waals surface area contributed by atoms with Gasteiger partial charge in [0, 0.05) is 5.38 Å². The number of halogens is 1. The molecule has 1 unspecified atom stereocenters. The first-order valence-electron chi connectivity index (χ1n) is 4.36. The van der Waals surface area contributed by atoms with Gasteiger partial charge in [-0.3, -0.25) is 0 Å². The van der Waals surface area contributed by atoms with Crippen LogP contribution in [0.25, 0.3) is 0 Å². The van der Waals surface area contributed by atoms with Gasteiger partial charge in [-0.15, -0.1) is 11.6 Å². The summed E-state index contributed by atoms with van der Waals surface area (Å²) in [6, 6.07) is 0. The third-order valence-corrected chi connectivity index (χ3v) is 3.60. The summed E-state index contributed by atoms with van der Waals surface area (Å²) in [5, 5.41) is 0.250. The van der Waals surface area contributed by atoms with Gasteiger partial charge >= 0.3 is 0 Å². The first-order valence-corrected chi connectivity index (χ1v) is 4.79. The quantitative estimate of drug-likeness (QED) is 0.557. The van der Waals surface area contributed by atoms with Gasteiger partial charge in [-0.25, -0.2) is 0 Å². The van der Waals surface area contributed by atoms with E-state index < -0.39 is 0 Å². The van der Waals surface area contributed by atoms with E-state index in [1.54, 1.807) is 0 Å². The molecule has 0 saturated heterocycles. The molecule has 0 aliphatic rings. The molecule has 0 fully saturated rings. The summed E-state index contributed by atoms with van der Waals surface area (Å²) >= 11 is 6.35. The highest BCUT2D eigenvalue weighted by molar-refractivity contribution is 6.21. The van der Waals surface area contributed by atoms with Crippen molar-refractivity contribution in [2.75, 3.05) is 0 Å². The van der Waals surface area contributed by atoms with Crippen LogP contribution in [0.3, 0.4) is 0 Å². The minimum Gasteiger partial charge on any atom is -0.122 e. The van der Waals surface area contributed by atoms with Gasteiger partial charge in [0.2, 0.25) is 0 Å². The first kappa shape index (κ1) is 11.3. The highest BCUT2D eigenvalue weighted by Crippen LogP contribution is 2.40. The molecule has 0 nitrogen and oxygen atoms in total. The van der Waals surface area contributed by atoms with Gasteiger partial charge in [0.25, 0.3) is 0 Å². The Labute approximate surface area is 76.3 Å². The minimum absolute atomic E-state index is 0.209. The molecule has 0 radical (unpaired) electrons. The van der Waals surface area contributed by atoms with E-state index in [9.17, 15) is 0 Å². The Bertz CT molecular complexity index is 119. The fourth-order valence-electron chi connectivity index (χ4n) is 1.35. The number of rotatable bonds is 2. The lowest BCUT2D eigenvalue weighted by molar-refractivity contribution is 0.215. The lowest BCUT2D eigenvalue weighted by Crippen LogP contribution is -2.35. The molecule has 0 spiro atoms. The van der Waals surface area contributed by atoms with Crippen LogP contribution in [0.4, 0.5) is 0 Å². The van der Waals surface area contributed by atoms with E-state index in [0.717, 1.165) is 6.42 Å². The predicted molar refractivity (Wildman–Crippen MR) is 53.2 cm³/mol. The van der Waals surface area contributed by atoms with Crippen molar-refractivity contribution >= 4 is 11.6 Å². The Kier molecular flexibility index (Phi) is 3.43. The molecule has 68 valence electrons. The van der Waals surface area contributed by atoms with E-state index in [1.807, 2.05) is 0 Å². The molecular formula is C10H21Cl.